The van der Waals surface area contributed by atoms with Gasteiger partial charge in [0.05, 0.1) is 27.5 Å². The molecule has 0 atom stereocenters. The molecule has 0 spiro atoms. The molecule has 0 amide bonds. The fraction of sp³-hybridized carbons (Fsp3) is 0.0156. The van der Waals surface area contributed by atoms with Crippen molar-refractivity contribution in [2.45, 2.75) is 5.41 Å². The number of rotatable bonds is 7. The zero-order valence-corrected chi connectivity index (χ0v) is 37.4. The molecule has 13 aromatic rings. The molecule has 5 nitrogen and oxygen atoms in total. The Morgan fingerprint density at radius 1 is 0.290 bits per heavy atom. The zero-order valence-electron chi connectivity index (χ0n) is 37.4. The van der Waals surface area contributed by atoms with Crippen LogP contribution in [0.5, 0.6) is 0 Å². The van der Waals surface area contributed by atoms with Crippen LogP contribution >= 0.6 is 0 Å². The second-order valence-corrected chi connectivity index (χ2v) is 17.9. The average Bonchev–Trinajstić information content (AvgIpc) is 4.06. The summed E-state index contributed by atoms with van der Waals surface area (Å²) in [7, 11) is 0. The van der Waals surface area contributed by atoms with Gasteiger partial charge in [-0.05, 0) is 75.8 Å². The highest BCUT2D eigenvalue weighted by atomic mass is 15.0. The number of aromatic nitrogens is 5. The summed E-state index contributed by atoms with van der Waals surface area (Å²) in [4.78, 5) is 16.4. The Balaban J connectivity index is 1.07. The van der Waals surface area contributed by atoms with Crippen LogP contribution in [0.4, 0.5) is 0 Å². The number of benzene rings is 10. The molecule has 0 aliphatic heterocycles. The van der Waals surface area contributed by atoms with Crippen molar-refractivity contribution in [2.75, 3.05) is 0 Å². The Labute approximate surface area is 398 Å². The van der Waals surface area contributed by atoms with Gasteiger partial charge < -0.3 is 9.13 Å². The molecule has 322 valence electrons. The lowest BCUT2D eigenvalue weighted by Gasteiger charge is -2.33. The molecule has 69 heavy (non-hydrogen) atoms. The highest BCUT2D eigenvalue weighted by Crippen LogP contribution is 2.58. The Bertz CT molecular complexity index is 3850. The Morgan fingerprint density at radius 2 is 0.681 bits per heavy atom. The van der Waals surface area contributed by atoms with E-state index in [1.54, 1.807) is 0 Å². The maximum Gasteiger partial charge on any atom is 0.164 e. The van der Waals surface area contributed by atoms with Gasteiger partial charge in [-0.15, -0.1) is 0 Å². The Kier molecular flexibility index (Phi) is 8.73. The van der Waals surface area contributed by atoms with Gasteiger partial charge in [0.2, 0.25) is 0 Å². The number of nitrogens with zero attached hydrogens (tertiary/aromatic N) is 5. The van der Waals surface area contributed by atoms with Gasteiger partial charge in [0.15, 0.2) is 17.5 Å². The number of para-hydroxylation sites is 4. The highest BCUT2D eigenvalue weighted by molar-refractivity contribution is 6.11. The average molecular weight is 880 g/mol. The van der Waals surface area contributed by atoms with E-state index in [0.29, 0.717) is 17.5 Å². The fourth-order valence-corrected chi connectivity index (χ4v) is 11.4. The lowest BCUT2D eigenvalue weighted by Crippen LogP contribution is -2.28. The molecule has 5 heteroatoms. The molecule has 3 heterocycles. The van der Waals surface area contributed by atoms with Crippen molar-refractivity contribution in [1.29, 1.82) is 0 Å². The topological polar surface area (TPSA) is 48.5 Å². The molecule has 0 fully saturated rings. The highest BCUT2D eigenvalue weighted by Gasteiger charge is 2.47. The van der Waals surface area contributed by atoms with Crippen LogP contribution in [0.25, 0.3) is 100 Å². The summed E-state index contributed by atoms with van der Waals surface area (Å²) in [5.74, 6) is 1.81. The summed E-state index contributed by atoms with van der Waals surface area (Å²) in [6, 6.07) is 89.2. The predicted octanol–water partition coefficient (Wildman–Crippen LogP) is 15.4. The summed E-state index contributed by atoms with van der Waals surface area (Å²) in [6.45, 7) is 0. The van der Waals surface area contributed by atoms with Gasteiger partial charge in [-0.1, -0.05) is 206 Å². The molecule has 1 aliphatic rings. The lowest BCUT2D eigenvalue weighted by molar-refractivity contribution is 0.768. The third-order valence-electron chi connectivity index (χ3n) is 14.2. The van der Waals surface area contributed by atoms with E-state index in [4.69, 9.17) is 15.0 Å². The first-order valence-electron chi connectivity index (χ1n) is 23.5. The van der Waals surface area contributed by atoms with E-state index < -0.39 is 5.41 Å². The van der Waals surface area contributed by atoms with Gasteiger partial charge in [0.1, 0.15) is 0 Å². The van der Waals surface area contributed by atoms with Crippen LogP contribution in [0.2, 0.25) is 0 Å². The second kappa shape index (κ2) is 15.4. The standard InChI is InChI=1S/C64H41N5/c1-4-21-42(22-5-1)61-65-62(67-63(66-61)53-32-20-34-55-60(53)52-31-10-15-33-54(52)64(55,44-23-6-2-7-24-44)45-25-8-3-9-26-45)43-39-46(68-56-35-16-11-27-48(56)49-28-12-17-36-57(49)68)41-47(40-43)69-58-37-18-13-29-50(58)51-30-14-19-38-59(51)69/h1-41H. The number of hydrogen-bond donors (Lipinski definition) is 0. The summed E-state index contributed by atoms with van der Waals surface area (Å²) in [6.07, 6.45) is 0. The van der Waals surface area contributed by atoms with Crippen molar-refractivity contribution >= 4 is 43.6 Å². The Hall–Kier alpha value is -9.19. The maximum absolute atomic E-state index is 5.60. The van der Waals surface area contributed by atoms with Crippen molar-refractivity contribution in [3.8, 4) is 56.7 Å². The van der Waals surface area contributed by atoms with Crippen LogP contribution in [0, 0.1) is 0 Å². The minimum atomic E-state index is -0.573. The van der Waals surface area contributed by atoms with Crippen LogP contribution in [-0.4, -0.2) is 24.1 Å². The minimum absolute atomic E-state index is 0.573. The summed E-state index contributed by atoms with van der Waals surface area (Å²) in [5, 5.41) is 4.80. The van der Waals surface area contributed by atoms with Crippen molar-refractivity contribution in [1.82, 2.24) is 24.1 Å². The largest absolute Gasteiger partial charge is 0.309 e. The monoisotopic (exact) mass is 879 g/mol. The van der Waals surface area contributed by atoms with Crippen molar-refractivity contribution in [3.63, 3.8) is 0 Å². The van der Waals surface area contributed by atoms with Crippen LogP contribution in [0.1, 0.15) is 22.3 Å². The van der Waals surface area contributed by atoms with Crippen molar-refractivity contribution in [2.24, 2.45) is 0 Å². The van der Waals surface area contributed by atoms with E-state index >= 15 is 0 Å². The first kappa shape index (κ1) is 39.0. The zero-order chi connectivity index (χ0) is 45.5. The Morgan fingerprint density at radius 3 is 1.20 bits per heavy atom. The molecule has 14 rings (SSSR count). The minimum Gasteiger partial charge on any atom is -0.309 e. The first-order chi connectivity index (χ1) is 34.2. The third kappa shape index (κ3) is 5.87. The first-order valence-corrected chi connectivity index (χ1v) is 23.5. The van der Waals surface area contributed by atoms with Crippen LogP contribution in [-0.2, 0) is 5.41 Å². The maximum atomic E-state index is 5.60. The van der Waals surface area contributed by atoms with E-state index in [-0.39, 0.29) is 0 Å². The molecule has 0 radical (unpaired) electrons. The molecular weight excluding hydrogens is 839 g/mol. The molecule has 3 aromatic heterocycles. The van der Waals surface area contributed by atoms with Crippen LogP contribution < -0.4 is 0 Å². The number of fused-ring (bicyclic) bond motifs is 9. The van der Waals surface area contributed by atoms with Gasteiger partial charge >= 0.3 is 0 Å². The molecule has 0 saturated heterocycles. The van der Waals surface area contributed by atoms with Gasteiger partial charge in [0.25, 0.3) is 0 Å². The predicted molar refractivity (Wildman–Crippen MR) is 282 cm³/mol. The molecule has 1 aliphatic carbocycles. The van der Waals surface area contributed by atoms with E-state index in [0.717, 1.165) is 55.7 Å². The van der Waals surface area contributed by atoms with E-state index in [1.165, 1.54) is 49.4 Å². The van der Waals surface area contributed by atoms with Crippen LogP contribution in [0.3, 0.4) is 0 Å². The molecular formula is C64H41N5. The summed E-state index contributed by atoms with van der Waals surface area (Å²) >= 11 is 0. The van der Waals surface area contributed by atoms with Crippen molar-refractivity contribution < 1.29 is 0 Å². The third-order valence-corrected chi connectivity index (χ3v) is 14.2. The van der Waals surface area contributed by atoms with Crippen molar-refractivity contribution in [3.05, 3.63) is 271 Å². The fourth-order valence-electron chi connectivity index (χ4n) is 11.4. The quantitative estimate of drug-likeness (QED) is 0.160. The summed E-state index contributed by atoms with van der Waals surface area (Å²) in [5.41, 5.74) is 15.9. The van der Waals surface area contributed by atoms with E-state index in [2.05, 4.69) is 240 Å². The van der Waals surface area contributed by atoms with E-state index in [1.807, 2.05) is 18.2 Å². The van der Waals surface area contributed by atoms with Crippen LogP contribution in [0.15, 0.2) is 249 Å². The summed E-state index contributed by atoms with van der Waals surface area (Å²) < 4.78 is 4.78. The van der Waals surface area contributed by atoms with Gasteiger partial charge in [0, 0.05) is 49.6 Å². The molecule has 0 unspecified atom stereocenters. The molecule has 0 saturated carbocycles. The molecule has 10 aromatic carbocycles. The lowest BCUT2D eigenvalue weighted by atomic mass is 9.67. The SMILES string of the molecule is c1ccc(-c2nc(-c3cc(-n4c5ccccc5c5ccccc54)cc(-n4c5ccccc5c5ccccc54)c3)nc(-c3cccc4c3-c3ccccc3C4(c3ccccc3)c3ccccc3)n2)cc1. The normalized spacial score (nSPS) is 12.8. The molecule has 0 N–H and O–H groups in total. The smallest absolute Gasteiger partial charge is 0.164 e. The second-order valence-electron chi connectivity index (χ2n) is 17.9. The van der Waals surface area contributed by atoms with Gasteiger partial charge in [-0.2, -0.15) is 0 Å². The van der Waals surface area contributed by atoms with E-state index in [9.17, 15) is 0 Å². The number of hydrogen-bond acceptors (Lipinski definition) is 3. The molecule has 0 bridgehead atoms. The van der Waals surface area contributed by atoms with Gasteiger partial charge in [-0.3, -0.25) is 0 Å². The van der Waals surface area contributed by atoms with Gasteiger partial charge in [-0.25, -0.2) is 15.0 Å².